The number of hydrogen-bond acceptors (Lipinski definition) is 3. The van der Waals surface area contributed by atoms with Crippen LogP contribution in [0, 0.1) is 0 Å². The number of carbonyl (C=O) groups excluding carboxylic acids is 1. The van der Waals surface area contributed by atoms with Gasteiger partial charge in [-0.2, -0.15) is 13.2 Å². The van der Waals surface area contributed by atoms with Crippen molar-refractivity contribution in [2.45, 2.75) is 50.8 Å². The molecule has 0 heterocycles. The summed E-state index contributed by atoms with van der Waals surface area (Å²) in [6, 6.07) is 15.8. The molecule has 0 fully saturated rings. The summed E-state index contributed by atoms with van der Waals surface area (Å²) in [5.41, 5.74) is 1.62. The topological polar surface area (TPSA) is 49.3 Å². The number of unbranched alkanes of at least 4 members (excludes halogenated alkanes) is 4. The molecular formula is C22H26F3NO2. The summed E-state index contributed by atoms with van der Waals surface area (Å²) in [4.78, 5) is 12.7. The third-order valence-electron chi connectivity index (χ3n) is 4.51. The van der Waals surface area contributed by atoms with Gasteiger partial charge < -0.3 is 10.4 Å². The molecule has 0 spiro atoms. The number of aliphatic hydroxyl groups is 1. The van der Waals surface area contributed by atoms with Gasteiger partial charge in [-0.3, -0.25) is 4.79 Å². The van der Waals surface area contributed by atoms with E-state index in [1.165, 1.54) is 0 Å². The first kappa shape index (κ1) is 22.0. The van der Waals surface area contributed by atoms with Crippen LogP contribution in [-0.2, 0) is 0 Å². The predicted molar refractivity (Wildman–Crippen MR) is 104 cm³/mol. The van der Waals surface area contributed by atoms with Crippen LogP contribution in [0.4, 0.5) is 18.9 Å². The Hall–Kier alpha value is -2.34. The van der Waals surface area contributed by atoms with Crippen molar-refractivity contribution in [3.8, 4) is 0 Å². The average molecular weight is 393 g/mol. The van der Waals surface area contributed by atoms with Crippen molar-refractivity contribution in [1.29, 1.82) is 0 Å². The van der Waals surface area contributed by atoms with Gasteiger partial charge in [-0.25, -0.2) is 0 Å². The van der Waals surface area contributed by atoms with Gasteiger partial charge in [0, 0.05) is 24.2 Å². The lowest BCUT2D eigenvalue weighted by Gasteiger charge is -2.15. The molecule has 0 saturated heterocycles. The third-order valence-corrected chi connectivity index (χ3v) is 4.51. The largest absolute Gasteiger partial charge is 0.389 e. The van der Waals surface area contributed by atoms with E-state index in [9.17, 15) is 23.1 Å². The van der Waals surface area contributed by atoms with Gasteiger partial charge in [0.1, 0.15) is 6.10 Å². The molecule has 2 aromatic rings. The van der Waals surface area contributed by atoms with Crippen LogP contribution in [0.25, 0.3) is 0 Å². The molecule has 6 heteroatoms. The molecule has 152 valence electrons. The Balaban J connectivity index is 1.80. The number of benzene rings is 2. The van der Waals surface area contributed by atoms with Crippen LogP contribution >= 0.6 is 0 Å². The zero-order valence-electron chi connectivity index (χ0n) is 15.7. The molecule has 0 aromatic heterocycles. The number of anilines is 1. The SMILES string of the molecule is O=C(c1ccccc1NCCCCCCCC(F)(F)F)C(O)c1ccccc1. The maximum atomic E-state index is 12.7. The van der Waals surface area contributed by atoms with Gasteiger partial charge in [0.25, 0.3) is 0 Å². The Labute approximate surface area is 163 Å². The van der Waals surface area contributed by atoms with E-state index in [0.717, 1.165) is 19.3 Å². The molecule has 2 N–H and O–H groups in total. The number of halogens is 3. The molecule has 0 aliphatic carbocycles. The molecule has 1 atom stereocenters. The molecule has 2 aromatic carbocycles. The molecule has 0 radical (unpaired) electrons. The summed E-state index contributed by atoms with van der Waals surface area (Å²) < 4.78 is 36.3. The lowest BCUT2D eigenvalue weighted by atomic mass is 9.98. The zero-order chi connectivity index (χ0) is 20.4. The first-order valence-electron chi connectivity index (χ1n) is 9.55. The highest BCUT2D eigenvalue weighted by atomic mass is 19.4. The van der Waals surface area contributed by atoms with Crippen molar-refractivity contribution in [1.82, 2.24) is 0 Å². The fourth-order valence-corrected chi connectivity index (χ4v) is 2.99. The molecule has 0 amide bonds. The molecule has 0 aliphatic heterocycles. The summed E-state index contributed by atoms with van der Waals surface area (Å²) in [6.45, 7) is 0.616. The lowest BCUT2D eigenvalue weighted by Crippen LogP contribution is -2.15. The Morgan fingerprint density at radius 3 is 2.21 bits per heavy atom. The number of aliphatic hydroxyl groups excluding tert-OH is 1. The average Bonchev–Trinajstić information content (AvgIpc) is 2.69. The minimum Gasteiger partial charge on any atom is -0.384 e. The molecule has 28 heavy (non-hydrogen) atoms. The standard InChI is InChI=1S/C22H26F3NO2/c23-22(24,25)15-9-2-1-3-10-16-26-19-14-8-7-13-18(19)21(28)20(27)17-11-5-4-6-12-17/h4-8,11-14,20,26-27H,1-3,9-10,15-16H2. The molecule has 3 nitrogen and oxygen atoms in total. The number of carbonyl (C=O) groups is 1. The molecule has 0 saturated carbocycles. The monoisotopic (exact) mass is 393 g/mol. The van der Waals surface area contributed by atoms with Gasteiger partial charge in [0.05, 0.1) is 0 Å². The Morgan fingerprint density at radius 1 is 0.893 bits per heavy atom. The van der Waals surface area contributed by atoms with Gasteiger partial charge in [-0.1, -0.05) is 61.7 Å². The highest BCUT2D eigenvalue weighted by molar-refractivity contribution is 6.04. The summed E-state index contributed by atoms with van der Waals surface area (Å²) in [7, 11) is 0. The van der Waals surface area contributed by atoms with Crippen molar-refractivity contribution in [3.05, 3.63) is 65.7 Å². The van der Waals surface area contributed by atoms with Crippen molar-refractivity contribution < 1.29 is 23.1 Å². The highest BCUT2D eigenvalue weighted by Gasteiger charge is 2.25. The number of Topliss-reactive ketones (excluding diaryl/α,β-unsaturated/α-hetero) is 1. The fraction of sp³-hybridized carbons (Fsp3) is 0.409. The van der Waals surface area contributed by atoms with E-state index < -0.39 is 18.7 Å². The highest BCUT2D eigenvalue weighted by Crippen LogP contribution is 2.24. The van der Waals surface area contributed by atoms with E-state index in [1.807, 2.05) is 12.1 Å². The first-order valence-corrected chi connectivity index (χ1v) is 9.55. The molecule has 1 unspecified atom stereocenters. The molecule has 0 aliphatic rings. The van der Waals surface area contributed by atoms with Gasteiger partial charge in [-0.15, -0.1) is 0 Å². The Bertz CT molecular complexity index is 732. The quantitative estimate of drug-likeness (QED) is 0.368. The number of rotatable bonds is 11. The predicted octanol–water partition coefficient (Wildman–Crippen LogP) is 5.92. The minimum atomic E-state index is -4.07. The number of hydrogen-bond donors (Lipinski definition) is 2. The van der Waals surface area contributed by atoms with E-state index in [1.54, 1.807) is 42.5 Å². The maximum absolute atomic E-state index is 12.7. The summed E-state index contributed by atoms with van der Waals surface area (Å²) in [5, 5.41) is 13.6. The van der Waals surface area contributed by atoms with Crippen molar-refractivity contribution in [2.24, 2.45) is 0 Å². The second-order valence-electron chi connectivity index (χ2n) is 6.78. The van der Waals surface area contributed by atoms with Gasteiger partial charge in [-0.05, 0) is 30.5 Å². The van der Waals surface area contributed by atoms with Crippen LogP contribution in [0.3, 0.4) is 0 Å². The summed E-state index contributed by atoms with van der Waals surface area (Å²) in [6.07, 6.45) is -2.89. The molecule has 2 rings (SSSR count). The van der Waals surface area contributed by atoms with Gasteiger partial charge >= 0.3 is 6.18 Å². The molecule has 0 bridgehead atoms. The van der Waals surface area contributed by atoms with Crippen LogP contribution in [0.5, 0.6) is 0 Å². The zero-order valence-corrected chi connectivity index (χ0v) is 15.7. The van der Waals surface area contributed by atoms with E-state index in [4.69, 9.17) is 0 Å². The van der Waals surface area contributed by atoms with Crippen LogP contribution < -0.4 is 5.32 Å². The number of nitrogens with one attached hydrogen (secondary N) is 1. The second kappa shape index (κ2) is 10.9. The van der Waals surface area contributed by atoms with Gasteiger partial charge in [0.2, 0.25) is 0 Å². The first-order chi connectivity index (χ1) is 13.4. The van der Waals surface area contributed by atoms with Crippen LogP contribution in [0.15, 0.2) is 54.6 Å². The minimum absolute atomic E-state index is 0.172. The van der Waals surface area contributed by atoms with Crippen LogP contribution in [0.2, 0.25) is 0 Å². The fourth-order valence-electron chi connectivity index (χ4n) is 2.99. The van der Waals surface area contributed by atoms with E-state index in [-0.39, 0.29) is 12.2 Å². The number of ketones is 1. The van der Waals surface area contributed by atoms with Crippen LogP contribution in [-0.4, -0.2) is 23.6 Å². The summed E-state index contributed by atoms with van der Waals surface area (Å²) in [5.74, 6) is -0.374. The third kappa shape index (κ3) is 7.35. The van der Waals surface area contributed by atoms with E-state index in [0.29, 0.717) is 29.8 Å². The maximum Gasteiger partial charge on any atom is 0.389 e. The van der Waals surface area contributed by atoms with Crippen molar-refractivity contribution >= 4 is 11.5 Å². The molecular weight excluding hydrogens is 367 g/mol. The van der Waals surface area contributed by atoms with Crippen molar-refractivity contribution in [3.63, 3.8) is 0 Å². The van der Waals surface area contributed by atoms with E-state index in [2.05, 4.69) is 5.32 Å². The summed E-state index contributed by atoms with van der Waals surface area (Å²) >= 11 is 0. The number of para-hydroxylation sites is 1. The van der Waals surface area contributed by atoms with Crippen LogP contribution in [0.1, 0.15) is 60.6 Å². The Kier molecular flexibility index (Phi) is 8.51. The number of alkyl halides is 3. The normalized spacial score (nSPS) is 12.6. The second-order valence-corrected chi connectivity index (χ2v) is 6.78. The van der Waals surface area contributed by atoms with Crippen molar-refractivity contribution in [2.75, 3.05) is 11.9 Å². The Morgan fingerprint density at radius 2 is 1.50 bits per heavy atom. The van der Waals surface area contributed by atoms with E-state index >= 15 is 0 Å². The lowest BCUT2D eigenvalue weighted by molar-refractivity contribution is -0.135. The smallest absolute Gasteiger partial charge is 0.384 e. The van der Waals surface area contributed by atoms with Gasteiger partial charge in [0.15, 0.2) is 5.78 Å².